The molecule has 3 fully saturated rings. The lowest BCUT2D eigenvalue weighted by Gasteiger charge is -2.29. The summed E-state index contributed by atoms with van der Waals surface area (Å²) in [5.74, 6) is 1.69. The molecule has 4 unspecified atom stereocenters. The highest BCUT2D eigenvalue weighted by Gasteiger charge is 2.49. The van der Waals surface area contributed by atoms with Gasteiger partial charge >= 0.3 is 0 Å². The van der Waals surface area contributed by atoms with Gasteiger partial charge in [-0.3, -0.25) is 4.79 Å². The molecule has 1 aromatic rings. The van der Waals surface area contributed by atoms with E-state index in [4.69, 9.17) is 5.73 Å². The summed E-state index contributed by atoms with van der Waals surface area (Å²) in [6, 6.07) is 4.01. The molecular weight excluding hydrogens is 359 g/mol. The predicted molar refractivity (Wildman–Crippen MR) is 106 cm³/mol. The van der Waals surface area contributed by atoms with Crippen molar-refractivity contribution in [2.45, 2.75) is 44.6 Å². The summed E-state index contributed by atoms with van der Waals surface area (Å²) < 4.78 is 0. The van der Waals surface area contributed by atoms with Gasteiger partial charge in [0.2, 0.25) is 5.91 Å². The molecular formula is C18H28Cl2N4O. The molecule has 7 heteroatoms. The Labute approximate surface area is 161 Å². The third kappa shape index (κ3) is 4.04. The van der Waals surface area contributed by atoms with Crippen LogP contribution >= 0.6 is 24.8 Å². The molecule has 1 saturated heterocycles. The van der Waals surface area contributed by atoms with E-state index in [-0.39, 0.29) is 42.7 Å². The van der Waals surface area contributed by atoms with Crippen molar-refractivity contribution < 1.29 is 4.79 Å². The van der Waals surface area contributed by atoms with Crippen LogP contribution in [0.1, 0.15) is 38.5 Å². The minimum atomic E-state index is -0.0303. The zero-order valence-corrected chi connectivity index (χ0v) is 16.0. The molecule has 1 aromatic heterocycles. The lowest BCUT2D eigenvalue weighted by Crippen LogP contribution is -2.42. The fourth-order valence-electron chi connectivity index (χ4n) is 4.73. The molecule has 1 amide bonds. The van der Waals surface area contributed by atoms with Crippen LogP contribution in [0.3, 0.4) is 0 Å². The first kappa shape index (κ1) is 20.3. The molecule has 4 rings (SSSR count). The quantitative estimate of drug-likeness (QED) is 0.836. The van der Waals surface area contributed by atoms with E-state index >= 15 is 0 Å². The van der Waals surface area contributed by atoms with E-state index < -0.39 is 0 Å². The molecule has 2 bridgehead atoms. The maximum Gasteiger partial charge on any atom is 0.230 e. The van der Waals surface area contributed by atoms with E-state index in [1.54, 1.807) is 0 Å². The molecule has 0 spiro atoms. The van der Waals surface area contributed by atoms with Crippen molar-refractivity contribution in [3.05, 3.63) is 18.3 Å². The van der Waals surface area contributed by atoms with Crippen LogP contribution in [0, 0.1) is 17.8 Å². The fourth-order valence-corrected chi connectivity index (χ4v) is 4.73. The number of rotatable bonds is 3. The summed E-state index contributed by atoms with van der Waals surface area (Å²) in [6.45, 7) is 2.21. The van der Waals surface area contributed by atoms with Gasteiger partial charge in [0.25, 0.3) is 0 Å². The Morgan fingerprint density at radius 3 is 2.44 bits per heavy atom. The van der Waals surface area contributed by atoms with Gasteiger partial charge in [-0.2, -0.15) is 0 Å². The van der Waals surface area contributed by atoms with Gasteiger partial charge in [-0.05, 0) is 62.5 Å². The molecule has 5 nitrogen and oxygen atoms in total. The van der Waals surface area contributed by atoms with Gasteiger partial charge < -0.3 is 16.0 Å². The topological polar surface area (TPSA) is 71.2 Å². The number of halogens is 2. The monoisotopic (exact) mass is 386 g/mol. The molecule has 25 heavy (non-hydrogen) atoms. The summed E-state index contributed by atoms with van der Waals surface area (Å²) in [7, 11) is 0. The standard InChI is InChI=1S/C18H26N4O.2ClH/c19-17-13-5-4-12(10-13)16(17)18(23)21-15-7-6-14(11-20-15)22-8-2-1-3-9-22;;/h6-7,11-13,16-17H,1-5,8-10,19H2,(H,20,21,23);2*1H. The first-order valence-electron chi connectivity index (χ1n) is 9.00. The Morgan fingerprint density at radius 2 is 1.84 bits per heavy atom. The van der Waals surface area contributed by atoms with Gasteiger partial charge in [0.15, 0.2) is 0 Å². The summed E-state index contributed by atoms with van der Waals surface area (Å²) in [4.78, 5) is 19.4. The highest BCUT2D eigenvalue weighted by molar-refractivity contribution is 5.92. The molecule has 2 aliphatic carbocycles. The lowest BCUT2D eigenvalue weighted by atomic mass is 9.84. The predicted octanol–water partition coefficient (Wildman–Crippen LogP) is 3.23. The van der Waals surface area contributed by atoms with Gasteiger partial charge in [0.1, 0.15) is 5.82 Å². The summed E-state index contributed by atoms with van der Waals surface area (Å²) in [5, 5.41) is 2.98. The SMILES string of the molecule is Cl.Cl.NC1C2CCC(C2)C1C(=O)Nc1ccc(N2CCCCC2)cn1. The van der Waals surface area contributed by atoms with Gasteiger partial charge in [0.05, 0.1) is 17.8 Å². The molecule has 0 aromatic carbocycles. The van der Waals surface area contributed by atoms with Crippen LogP contribution in [-0.2, 0) is 4.79 Å². The van der Waals surface area contributed by atoms with E-state index in [0.29, 0.717) is 17.7 Å². The Balaban J connectivity index is 0.00000113. The van der Waals surface area contributed by atoms with Crippen molar-refractivity contribution in [1.29, 1.82) is 0 Å². The number of anilines is 2. The van der Waals surface area contributed by atoms with Crippen molar-refractivity contribution in [2.75, 3.05) is 23.3 Å². The zero-order chi connectivity index (χ0) is 15.8. The first-order chi connectivity index (χ1) is 11.2. The molecule has 3 N–H and O–H groups in total. The van der Waals surface area contributed by atoms with Crippen molar-refractivity contribution in [3.8, 4) is 0 Å². The largest absolute Gasteiger partial charge is 0.370 e. The molecule has 1 aliphatic heterocycles. The number of nitrogens with two attached hydrogens (primary N) is 1. The number of pyridine rings is 1. The first-order valence-corrected chi connectivity index (χ1v) is 9.00. The molecule has 140 valence electrons. The van der Waals surface area contributed by atoms with E-state index in [9.17, 15) is 4.79 Å². The van der Waals surface area contributed by atoms with Gasteiger partial charge in [0, 0.05) is 19.1 Å². The molecule has 3 aliphatic rings. The summed E-state index contributed by atoms with van der Waals surface area (Å²) in [5.41, 5.74) is 7.40. The highest BCUT2D eigenvalue weighted by atomic mass is 35.5. The summed E-state index contributed by atoms with van der Waals surface area (Å²) >= 11 is 0. The maximum atomic E-state index is 12.6. The number of piperidine rings is 1. The van der Waals surface area contributed by atoms with Crippen LogP contribution in [0.2, 0.25) is 0 Å². The minimum absolute atomic E-state index is 0. The number of fused-ring (bicyclic) bond motifs is 2. The normalized spacial score (nSPS) is 30.4. The Morgan fingerprint density at radius 1 is 1.12 bits per heavy atom. The molecule has 4 atom stereocenters. The average Bonchev–Trinajstić information content (AvgIpc) is 3.17. The fraction of sp³-hybridized carbons (Fsp3) is 0.667. The number of nitrogens with one attached hydrogen (secondary N) is 1. The molecule has 2 heterocycles. The summed E-state index contributed by atoms with van der Waals surface area (Å²) in [6.07, 6.45) is 9.17. The van der Waals surface area contributed by atoms with E-state index in [0.717, 1.165) is 31.6 Å². The van der Waals surface area contributed by atoms with Crippen LogP contribution in [0.25, 0.3) is 0 Å². The Kier molecular flexibility index (Phi) is 6.94. The third-order valence-corrected chi connectivity index (χ3v) is 6.00. The van der Waals surface area contributed by atoms with E-state index in [1.165, 1.54) is 25.7 Å². The maximum absolute atomic E-state index is 12.6. The van der Waals surface area contributed by atoms with E-state index in [2.05, 4.69) is 21.3 Å². The van der Waals surface area contributed by atoms with Crippen LogP contribution in [0.5, 0.6) is 0 Å². The van der Waals surface area contributed by atoms with Crippen molar-refractivity contribution in [3.63, 3.8) is 0 Å². The van der Waals surface area contributed by atoms with Crippen molar-refractivity contribution in [2.24, 2.45) is 23.5 Å². The molecule has 2 saturated carbocycles. The van der Waals surface area contributed by atoms with Gasteiger partial charge in [-0.25, -0.2) is 4.98 Å². The second kappa shape index (κ2) is 8.56. The zero-order valence-electron chi connectivity index (χ0n) is 14.4. The van der Waals surface area contributed by atoms with Gasteiger partial charge in [-0.15, -0.1) is 24.8 Å². The molecule has 0 radical (unpaired) electrons. The minimum Gasteiger partial charge on any atom is -0.370 e. The van der Waals surface area contributed by atoms with Crippen molar-refractivity contribution in [1.82, 2.24) is 4.98 Å². The number of hydrogen-bond donors (Lipinski definition) is 2. The smallest absolute Gasteiger partial charge is 0.230 e. The number of amides is 1. The number of carbonyl (C=O) groups excluding carboxylic acids is 1. The highest BCUT2D eigenvalue weighted by Crippen LogP contribution is 2.47. The third-order valence-electron chi connectivity index (χ3n) is 6.00. The number of carbonyl (C=O) groups is 1. The second-order valence-electron chi connectivity index (χ2n) is 7.37. The number of hydrogen-bond acceptors (Lipinski definition) is 4. The van der Waals surface area contributed by atoms with Gasteiger partial charge in [-0.1, -0.05) is 0 Å². The van der Waals surface area contributed by atoms with Crippen molar-refractivity contribution >= 4 is 42.2 Å². The van der Waals surface area contributed by atoms with Crippen LogP contribution in [0.15, 0.2) is 18.3 Å². The van der Waals surface area contributed by atoms with E-state index in [1.807, 2.05) is 12.3 Å². The Bertz CT molecular complexity index is 575. The van der Waals surface area contributed by atoms with Crippen LogP contribution in [-0.4, -0.2) is 30.0 Å². The van der Waals surface area contributed by atoms with Crippen LogP contribution in [0.4, 0.5) is 11.5 Å². The Hall–Kier alpha value is -1.04. The average molecular weight is 387 g/mol. The lowest BCUT2D eigenvalue weighted by molar-refractivity contribution is -0.121. The van der Waals surface area contributed by atoms with Crippen LogP contribution < -0.4 is 16.0 Å². The number of nitrogens with zero attached hydrogens (tertiary/aromatic N) is 2. The second-order valence-corrected chi connectivity index (χ2v) is 7.37. The number of aromatic nitrogens is 1.